The summed E-state index contributed by atoms with van der Waals surface area (Å²) < 4.78 is 11.4. The summed E-state index contributed by atoms with van der Waals surface area (Å²) in [5.74, 6) is 0.682. The van der Waals surface area contributed by atoms with E-state index in [1.165, 1.54) is 10.9 Å². The highest BCUT2D eigenvalue weighted by molar-refractivity contribution is 6.30. The first-order chi connectivity index (χ1) is 13.1. The van der Waals surface area contributed by atoms with Gasteiger partial charge in [0.05, 0.1) is 13.2 Å². The van der Waals surface area contributed by atoms with Gasteiger partial charge in [-0.3, -0.25) is 4.90 Å². The van der Waals surface area contributed by atoms with Crippen LogP contribution in [0.2, 0.25) is 5.02 Å². The first-order valence-electron chi connectivity index (χ1n) is 9.07. The number of fused-ring (bicyclic) bond motifs is 1. The zero-order valence-corrected chi connectivity index (χ0v) is 15.8. The quantitative estimate of drug-likeness (QED) is 0.705. The Morgan fingerprint density at radius 2 is 2.04 bits per heavy atom. The lowest BCUT2D eigenvalue weighted by molar-refractivity contribution is -0.0646. The van der Waals surface area contributed by atoms with Crippen LogP contribution in [-0.4, -0.2) is 53.5 Å². The number of ether oxygens (including phenoxy) is 2. The topological polar surface area (TPSA) is 57.7 Å². The number of aliphatic hydroxyl groups is 1. The number of β-amino-alcohol motifs (C(OH)–C–C–N with tert-alkyl or cyclic N) is 1. The number of H-pyrrole nitrogens is 1. The summed E-state index contributed by atoms with van der Waals surface area (Å²) in [5, 5.41) is 12.9. The highest BCUT2D eigenvalue weighted by Gasteiger charge is 2.33. The van der Waals surface area contributed by atoms with Gasteiger partial charge in [-0.25, -0.2) is 0 Å². The number of aromatic amines is 1. The van der Waals surface area contributed by atoms with E-state index in [0.717, 1.165) is 18.6 Å². The van der Waals surface area contributed by atoms with E-state index < -0.39 is 5.60 Å². The molecular weight excluding hydrogens is 364 g/mol. The third-order valence-corrected chi connectivity index (χ3v) is 5.04. The maximum Gasteiger partial charge on any atom is 0.134 e. The van der Waals surface area contributed by atoms with E-state index in [2.05, 4.69) is 34.1 Å². The average molecular weight is 387 g/mol. The normalized spacial score (nSPS) is 21.3. The van der Waals surface area contributed by atoms with Gasteiger partial charge in [0.1, 0.15) is 18.0 Å². The van der Waals surface area contributed by atoms with Gasteiger partial charge in [-0.2, -0.15) is 0 Å². The van der Waals surface area contributed by atoms with Crippen LogP contribution in [0, 0.1) is 0 Å². The lowest BCUT2D eigenvalue weighted by Gasteiger charge is -2.30. The van der Waals surface area contributed by atoms with Gasteiger partial charge in [0, 0.05) is 36.4 Å². The van der Waals surface area contributed by atoms with Crippen LogP contribution in [0.5, 0.6) is 5.75 Å². The Morgan fingerprint density at radius 1 is 1.19 bits per heavy atom. The molecule has 0 spiro atoms. The second kappa shape index (κ2) is 7.90. The minimum atomic E-state index is -1.06. The highest BCUT2D eigenvalue weighted by atomic mass is 35.5. The highest BCUT2D eigenvalue weighted by Crippen LogP contribution is 2.21. The zero-order chi connectivity index (χ0) is 18.7. The Bertz CT molecular complexity index is 896. The van der Waals surface area contributed by atoms with E-state index >= 15 is 0 Å². The molecule has 0 radical (unpaired) electrons. The first kappa shape index (κ1) is 18.3. The molecule has 5 nitrogen and oxygen atoms in total. The number of hydrogen-bond acceptors (Lipinski definition) is 4. The number of aromatic nitrogens is 1. The Balaban J connectivity index is 1.41. The fourth-order valence-electron chi connectivity index (χ4n) is 3.43. The summed E-state index contributed by atoms with van der Waals surface area (Å²) in [5.41, 5.74) is 1.28. The lowest BCUT2D eigenvalue weighted by Crippen LogP contribution is -2.48. The second-order valence-corrected chi connectivity index (χ2v) is 7.57. The molecule has 2 heterocycles. The molecule has 1 aromatic heterocycles. The van der Waals surface area contributed by atoms with E-state index in [4.69, 9.17) is 21.1 Å². The smallest absolute Gasteiger partial charge is 0.134 e. The van der Waals surface area contributed by atoms with E-state index in [-0.39, 0.29) is 13.2 Å². The molecule has 3 aromatic rings. The van der Waals surface area contributed by atoms with Crippen LogP contribution in [0.1, 0.15) is 5.56 Å². The molecule has 0 aliphatic carbocycles. The van der Waals surface area contributed by atoms with Gasteiger partial charge in [0.25, 0.3) is 0 Å². The number of hydrogen-bond donors (Lipinski definition) is 2. The van der Waals surface area contributed by atoms with Crippen molar-refractivity contribution in [2.45, 2.75) is 12.1 Å². The van der Waals surface area contributed by atoms with Crippen LogP contribution in [0.15, 0.2) is 54.7 Å². The number of halogens is 1. The first-order valence-corrected chi connectivity index (χ1v) is 9.44. The van der Waals surface area contributed by atoms with Crippen LogP contribution in [0.3, 0.4) is 0 Å². The molecule has 6 heteroatoms. The van der Waals surface area contributed by atoms with Crippen molar-refractivity contribution in [3.05, 3.63) is 65.3 Å². The van der Waals surface area contributed by atoms with Gasteiger partial charge in [0.2, 0.25) is 0 Å². The second-order valence-electron chi connectivity index (χ2n) is 7.13. The summed E-state index contributed by atoms with van der Waals surface area (Å²) in [7, 11) is 0. The largest absolute Gasteiger partial charge is 0.490 e. The zero-order valence-electron chi connectivity index (χ0n) is 15.0. The predicted octanol–water partition coefficient (Wildman–Crippen LogP) is 3.46. The number of nitrogens with zero attached hydrogens (tertiary/aromatic N) is 1. The third-order valence-electron chi connectivity index (χ3n) is 4.79. The summed E-state index contributed by atoms with van der Waals surface area (Å²) >= 11 is 5.90. The van der Waals surface area contributed by atoms with Crippen molar-refractivity contribution in [1.82, 2.24) is 9.88 Å². The summed E-state index contributed by atoms with van der Waals surface area (Å²) in [6.07, 6.45) is 1.95. The van der Waals surface area contributed by atoms with Gasteiger partial charge >= 0.3 is 0 Å². The van der Waals surface area contributed by atoms with E-state index in [1.807, 2.05) is 6.20 Å². The number of benzene rings is 2. The van der Waals surface area contributed by atoms with Crippen LogP contribution >= 0.6 is 11.6 Å². The monoisotopic (exact) mass is 386 g/mol. The molecular formula is C21H23ClN2O3. The third kappa shape index (κ3) is 4.62. The number of nitrogens with one attached hydrogen (secondary N) is 1. The van der Waals surface area contributed by atoms with Crippen molar-refractivity contribution in [2.75, 3.05) is 32.9 Å². The number of rotatable bonds is 5. The Morgan fingerprint density at radius 3 is 2.89 bits per heavy atom. The minimum Gasteiger partial charge on any atom is -0.490 e. The summed E-state index contributed by atoms with van der Waals surface area (Å²) in [6, 6.07) is 15.6. The molecule has 1 saturated heterocycles. The van der Waals surface area contributed by atoms with E-state index in [1.54, 1.807) is 24.3 Å². The SMILES string of the molecule is OC1(COc2ccc(Cl)cc2)COCCN(Cc2ccc3[nH]ccc3c2)C1. The van der Waals surface area contributed by atoms with Gasteiger partial charge < -0.3 is 19.6 Å². The molecule has 1 aliphatic heterocycles. The van der Waals surface area contributed by atoms with Crippen LogP contribution in [0.4, 0.5) is 0 Å². The molecule has 2 N–H and O–H groups in total. The maximum absolute atomic E-state index is 11.0. The van der Waals surface area contributed by atoms with Gasteiger partial charge in [-0.1, -0.05) is 17.7 Å². The van der Waals surface area contributed by atoms with Gasteiger partial charge in [-0.05, 0) is 53.4 Å². The molecule has 1 fully saturated rings. The lowest BCUT2D eigenvalue weighted by atomic mass is 10.1. The van der Waals surface area contributed by atoms with Gasteiger partial charge in [0.15, 0.2) is 0 Å². The van der Waals surface area contributed by atoms with E-state index in [0.29, 0.717) is 23.9 Å². The van der Waals surface area contributed by atoms with Crippen LogP contribution < -0.4 is 4.74 Å². The molecule has 1 unspecified atom stereocenters. The summed E-state index contributed by atoms with van der Waals surface area (Å²) in [4.78, 5) is 5.43. The van der Waals surface area contributed by atoms with Crippen molar-refractivity contribution in [3.8, 4) is 5.75 Å². The molecule has 1 aliphatic rings. The molecule has 1 atom stereocenters. The molecule has 142 valence electrons. The minimum absolute atomic E-state index is 0.169. The standard InChI is InChI=1S/C21H23ClN2O3/c22-18-2-4-19(5-3-18)27-15-21(25)13-24(9-10-26-14-21)12-16-1-6-20-17(11-16)7-8-23-20/h1-8,11,23,25H,9-10,12-15H2. The van der Waals surface area contributed by atoms with Crippen molar-refractivity contribution in [2.24, 2.45) is 0 Å². The molecule has 2 aromatic carbocycles. The molecule has 0 amide bonds. The van der Waals surface area contributed by atoms with Crippen LogP contribution in [-0.2, 0) is 11.3 Å². The predicted molar refractivity (Wildman–Crippen MR) is 106 cm³/mol. The van der Waals surface area contributed by atoms with Crippen molar-refractivity contribution in [3.63, 3.8) is 0 Å². The van der Waals surface area contributed by atoms with Crippen molar-refractivity contribution < 1.29 is 14.6 Å². The molecule has 0 saturated carbocycles. The average Bonchev–Trinajstić information content (AvgIpc) is 3.04. The molecule has 4 rings (SSSR count). The fraction of sp³-hybridized carbons (Fsp3) is 0.333. The van der Waals surface area contributed by atoms with Crippen LogP contribution in [0.25, 0.3) is 10.9 Å². The maximum atomic E-state index is 11.0. The molecule has 0 bridgehead atoms. The van der Waals surface area contributed by atoms with E-state index in [9.17, 15) is 5.11 Å². The Labute approximate surface area is 163 Å². The van der Waals surface area contributed by atoms with Crippen molar-refractivity contribution >= 4 is 22.5 Å². The Kier molecular flexibility index (Phi) is 5.36. The molecule has 27 heavy (non-hydrogen) atoms. The van der Waals surface area contributed by atoms with Crippen molar-refractivity contribution in [1.29, 1.82) is 0 Å². The Hall–Kier alpha value is -2.05. The fourth-order valence-corrected chi connectivity index (χ4v) is 3.55. The van der Waals surface area contributed by atoms with Gasteiger partial charge in [-0.15, -0.1) is 0 Å². The summed E-state index contributed by atoms with van der Waals surface area (Å²) in [6.45, 7) is 3.04.